The molecule has 0 aromatic heterocycles. The predicted molar refractivity (Wildman–Crippen MR) is 113 cm³/mol. The number of aliphatic hydroxyl groups excluding tert-OH is 1. The highest BCUT2D eigenvalue weighted by atomic mass is 16.6. The van der Waals surface area contributed by atoms with Gasteiger partial charge in [-0.25, -0.2) is 0 Å². The van der Waals surface area contributed by atoms with E-state index in [1.807, 2.05) is 31.2 Å². The molecule has 2 bridgehead atoms. The van der Waals surface area contributed by atoms with Crippen molar-refractivity contribution in [3.8, 4) is 11.5 Å². The second-order valence-corrected chi connectivity index (χ2v) is 8.32. The minimum Gasteiger partial charge on any atom is -0.493 e. The van der Waals surface area contributed by atoms with Crippen LogP contribution < -0.4 is 9.47 Å². The fourth-order valence-corrected chi connectivity index (χ4v) is 4.76. The molecule has 2 atom stereocenters. The number of rotatable bonds is 7. The average molecular weight is 412 g/mol. The molecule has 3 saturated heterocycles. The van der Waals surface area contributed by atoms with E-state index in [-0.39, 0.29) is 24.1 Å². The van der Waals surface area contributed by atoms with Gasteiger partial charge in [0.25, 0.3) is 0 Å². The summed E-state index contributed by atoms with van der Waals surface area (Å²) >= 11 is 0. The van der Waals surface area contributed by atoms with Crippen molar-refractivity contribution in [2.45, 2.75) is 44.9 Å². The number of nitrogens with zero attached hydrogens (tertiary/aromatic N) is 2. The predicted octanol–water partition coefficient (Wildman–Crippen LogP) is 3.49. The van der Waals surface area contributed by atoms with Crippen LogP contribution in [0.1, 0.15) is 29.5 Å². The van der Waals surface area contributed by atoms with Crippen LogP contribution >= 0.6 is 0 Å². The molecule has 3 fully saturated rings. The van der Waals surface area contributed by atoms with E-state index >= 15 is 0 Å². The Morgan fingerprint density at radius 1 is 1.20 bits per heavy atom. The molecule has 160 valence electrons. The summed E-state index contributed by atoms with van der Waals surface area (Å²) in [4.78, 5) is 13.7. The third-order valence-corrected chi connectivity index (χ3v) is 6.34. The van der Waals surface area contributed by atoms with Crippen LogP contribution in [0.25, 0.3) is 0 Å². The van der Waals surface area contributed by atoms with E-state index in [1.165, 1.54) is 7.11 Å². The van der Waals surface area contributed by atoms with Crippen LogP contribution in [0.2, 0.25) is 0 Å². The first kappa shape index (κ1) is 20.6. The largest absolute Gasteiger partial charge is 0.493 e. The van der Waals surface area contributed by atoms with Crippen LogP contribution in [0.15, 0.2) is 36.4 Å². The summed E-state index contributed by atoms with van der Waals surface area (Å²) in [5, 5.41) is 22.5. The minimum atomic E-state index is -0.429. The molecule has 3 heterocycles. The third kappa shape index (κ3) is 4.13. The van der Waals surface area contributed by atoms with Crippen LogP contribution in [-0.4, -0.2) is 47.3 Å². The second-order valence-electron chi connectivity index (χ2n) is 8.32. The molecule has 2 aromatic carbocycles. The Kier molecular flexibility index (Phi) is 5.92. The number of nitro benzene ring substituents is 1. The van der Waals surface area contributed by atoms with E-state index in [1.54, 1.807) is 12.1 Å². The summed E-state index contributed by atoms with van der Waals surface area (Å²) in [6, 6.07) is 11.2. The van der Waals surface area contributed by atoms with Gasteiger partial charge in [0, 0.05) is 12.1 Å². The Bertz CT molecular complexity index is 922. The summed E-state index contributed by atoms with van der Waals surface area (Å²) in [5.74, 6) is 0.810. The Balaban J connectivity index is 1.59. The highest BCUT2D eigenvalue weighted by Crippen LogP contribution is 2.40. The fraction of sp³-hybridized carbons (Fsp3) is 0.478. The lowest BCUT2D eigenvalue weighted by Crippen LogP contribution is -2.58. The van der Waals surface area contributed by atoms with E-state index in [4.69, 9.17) is 9.47 Å². The summed E-state index contributed by atoms with van der Waals surface area (Å²) in [6.07, 6.45) is 2.20. The monoisotopic (exact) mass is 412 g/mol. The number of methoxy groups -OCH3 is 1. The van der Waals surface area contributed by atoms with Crippen molar-refractivity contribution in [1.29, 1.82) is 0 Å². The molecular formula is C23H28N2O5. The highest BCUT2D eigenvalue weighted by Gasteiger charge is 2.41. The van der Waals surface area contributed by atoms with Crippen molar-refractivity contribution in [2.24, 2.45) is 5.92 Å². The van der Waals surface area contributed by atoms with Crippen molar-refractivity contribution >= 4 is 5.69 Å². The first-order chi connectivity index (χ1) is 14.5. The zero-order valence-corrected chi connectivity index (χ0v) is 17.4. The van der Waals surface area contributed by atoms with Gasteiger partial charge < -0.3 is 14.6 Å². The molecule has 1 N–H and O–H groups in total. The van der Waals surface area contributed by atoms with Crippen molar-refractivity contribution < 1.29 is 19.5 Å². The molecule has 0 aliphatic carbocycles. The molecule has 7 heteroatoms. The van der Waals surface area contributed by atoms with Crippen molar-refractivity contribution in [1.82, 2.24) is 4.90 Å². The average Bonchev–Trinajstić information content (AvgIpc) is 2.75. The molecule has 0 amide bonds. The van der Waals surface area contributed by atoms with E-state index in [9.17, 15) is 15.2 Å². The lowest BCUT2D eigenvalue weighted by molar-refractivity contribution is -0.386. The van der Waals surface area contributed by atoms with Gasteiger partial charge in [-0.1, -0.05) is 29.8 Å². The number of fused-ring (bicyclic) bond motifs is 3. The molecular weight excluding hydrogens is 384 g/mol. The Hall–Kier alpha value is -2.64. The number of piperidine rings is 3. The molecule has 3 aliphatic rings. The van der Waals surface area contributed by atoms with Gasteiger partial charge in [-0.15, -0.1) is 0 Å². The number of hydrogen-bond acceptors (Lipinski definition) is 6. The van der Waals surface area contributed by atoms with Gasteiger partial charge in [0.1, 0.15) is 6.61 Å². The number of aliphatic hydroxyl groups is 1. The maximum absolute atomic E-state index is 11.8. The zero-order chi connectivity index (χ0) is 21.3. The normalized spacial score (nSPS) is 25.2. The fourth-order valence-electron chi connectivity index (χ4n) is 4.76. The van der Waals surface area contributed by atoms with Gasteiger partial charge >= 0.3 is 5.69 Å². The van der Waals surface area contributed by atoms with Gasteiger partial charge in [0.05, 0.1) is 18.1 Å². The molecule has 0 spiro atoms. The molecule has 7 nitrogen and oxygen atoms in total. The summed E-state index contributed by atoms with van der Waals surface area (Å²) in [5.41, 5.74) is 2.70. The highest BCUT2D eigenvalue weighted by molar-refractivity contribution is 5.58. The molecule has 30 heavy (non-hydrogen) atoms. The molecule has 2 unspecified atom stereocenters. The van der Waals surface area contributed by atoms with Gasteiger partial charge in [0.2, 0.25) is 5.75 Å². The van der Waals surface area contributed by atoms with E-state index in [0.717, 1.165) is 42.6 Å². The van der Waals surface area contributed by atoms with E-state index in [0.29, 0.717) is 18.1 Å². The summed E-state index contributed by atoms with van der Waals surface area (Å²) in [7, 11) is 1.49. The lowest BCUT2D eigenvalue weighted by atomic mass is 9.78. The SMILES string of the molecule is COc1cc(CC2C(O)C3CCN2CC3)cc([N+](=O)[O-])c1OCc1cccc(C)c1. The Labute approximate surface area is 176 Å². The van der Waals surface area contributed by atoms with Crippen molar-refractivity contribution in [3.63, 3.8) is 0 Å². The molecule has 0 saturated carbocycles. The number of benzene rings is 2. The van der Waals surface area contributed by atoms with Gasteiger partial charge in [-0.3, -0.25) is 15.0 Å². The number of ether oxygens (including phenoxy) is 2. The summed E-state index contributed by atoms with van der Waals surface area (Å²) in [6.45, 7) is 4.16. The molecule has 2 aromatic rings. The molecule has 5 rings (SSSR count). The Morgan fingerprint density at radius 2 is 1.97 bits per heavy atom. The van der Waals surface area contributed by atoms with Crippen LogP contribution in [-0.2, 0) is 13.0 Å². The topological polar surface area (TPSA) is 85.1 Å². The Morgan fingerprint density at radius 3 is 2.60 bits per heavy atom. The maximum Gasteiger partial charge on any atom is 0.315 e. The minimum absolute atomic E-state index is 0.0131. The van der Waals surface area contributed by atoms with Crippen LogP contribution in [0, 0.1) is 23.0 Å². The first-order valence-corrected chi connectivity index (χ1v) is 10.4. The first-order valence-electron chi connectivity index (χ1n) is 10.4. The van der Waals surface area contributed by atoms with E-state index < -0.39 is 11.0 Å². The van der Waals surface area contributed by atoms with Gasteiger partial charge in [-0.2, -0.15) is 0 Å². The van der Waals surface area contributed by atoms with Crippen LogP contribution in [0.4, 0.5) is 5.69 Å². The lowest BCUT2D eigenvalue weighted by Gasteiger charge is -2.49. The summed E-state index contributed by atoms with van der Waals surface area (Å²) < 4.78 is 11.3. The van der Waals surface area contributed by atoms with Gasteiger partial charge in [0.15, 0.2) is 5.75 Å². The quantitative estimate of drug-likeness (QED) is 0.554. The number of hydrogen-bond donors (Lipinski definition) is 1. The van der Waals surface area contributed by atoms with Crippen molar-refractivity contribution in [2.75, 3.05) is 20.2 Å². The number of aryl methyl sites for hydroxylation is 1. The van der Waals surface area contributed by atoms with Crippen LogP contribution in [0.3, 0.4) is 0 Å². The smallest absolute Gasteiger partial charge is 0.315 e. The zero-order valence-electron chi connectivity index (χ0n) is 17.4. The van der Waals surface area contributed by atoms with Gasteiger partial charge in [-0.05, 0) is 62.4 Å². The maximum atomic E-state index is 11.8. The third-order valence-electron chi connectivity index (χ3n) is 6.34. The molecule has 3 aliphatic heterocycles. The van der Waals surface area contributed by atoms with Crippen molar-refractivity contribution in [3.05, 3.63) is 63.2 Å². The second kappa shape index (κ2) is 8.62. The standard InChI is InChI=1S/C23H28N2O5/c1-15-4-3-5-16(10-15)14-30-23-20(25(27)28)12-17(13-21(23)29-2)11-19-22(26)18-6-8-24(19)9-7-18/h3-5,10,12-13,18-19,22,26H,6-9,11,14H2,1-2H3. The number of nitro groups is 1. The van der Waals surface area contributed by atoms with E-state index in [2.05, 4.69) is 4.90 Å². The molecule has 0 radical (unpaired) electrons. The van der Waals surface area contributed by atoms with Crippen LogP contribution in [0.5, 0.6) is 11.5 Å².